The number of ether oxygens (including phenoxy) is 2. The van der Waals surface area contributed by atoms with Crippen LogP contribution in [0.5, 0.6) is 0 Å². The highest BCUT2D eigenvalue weighted by Gasteiger charge is 2.37. The molecule has 0 spiro atoms. The minimum Gasteiger partial charge on any atom is -0.467 e. The highest BCUT2D eigenvalue weighted by Crippen LogP contribution is 2.16. The highest BCUT2D eigenvalue weighted by molar-refractivity contribution is 6.08. The molecule has 0 aliphatic rings. The van der Waals surface area contributed by atoms with Crippen molar-refractivity contribution in [1.29, 1.82) is 0 Å². The minimum atomic E-state index is -1.70. The van der Waals surface area contributed by atoms with Crippen LogP contribution in [0, 0.1) is 11.8 Å². The maximum Gasteiger partial charge on any atom is 0.408 e. The molecule has 6 N–H and O–H groups in total. The molecule has 6 amide bonds. The summed E-state index contributed by atoms with van der Waals surface area (Å²) in [7, 11) is 1.21. The number of benzene rings is 2. The smallest absolute Gasteiger partial charge is 0.408 e. The van der Waals surface area contributed by atoms with Crippen molar-refractivity contribution in [3.05, 3.63) is 83.2 Å². The Hall–Kier alpha value is -5.99. The van der Waals surface area contributed by atoms with Crippen molar-refractivity contribution in [2.75, 3.05) is 7.11 Å². The molecule has 0 saturated carbocycles. The van der Waals surface area contributed by atoms with Gasteiger partial charge in [0.2, 0.25) is 17.7 Å². The fourth-order valence-corrected chi connectivity index (χ4v) is 5.38. The van der Waals surface area contributed by atoms with Crippen LogP contribution in [0.2, 0.25) is 0 Å². The largest absolute Gasteiger partial charge is 0.467 e. The first-order valence-electron chi connectivity index (χ1n) is 19.5. The van der Waals surface area contributed by atoms with Crippen LogP contribution >= 0.6 is 0 Å². The summed E-state index contributed by atoms with van der Waals surface area (Å²) in [6.45, 7) is 18.3. The molecule has 0 heterocycles. The number of carbonyl (C=O) groups is 7. The third-order valence-electron chi connectivity index (χ3n) is 8.42. The molecule has 322 valence electrons. The summed E-state index contributed by atoms with van der Waals surface area (Å²) < 4.78 is 10.2. The van der Waals surface area contributed by atoms with Gasteiger partial charge in [0, 0.05) is 0 Å². The second-order valence-corrected chi connectivity index (χ2v) is 17.0. The quantitative estimate of drug-likeness (QED) is 0.0906. The summed E-state index contributed by atoms with van der Waals surface area (Å²) in [6.07, 6.45) is 2.56. The van der Waals surface area contributed by atoms with E-state index in [1.54, 1.807) is 81.4 Å². The monoisotopic (exact) mass is 818 g/mol. The third-order valence-corrected chi connectivity index (χ3v) is 8.42. The molecule has 0 bridgehead atoms. The summed E-state index contributed by atoms with van der Waals surface area (Å²) in [5, 5.41) is 15.7. The Kier molecular flexibility index (Phi) is 18.1. The molecule has 0 aliphatic heterocycles. The molecule has 0 radical (unpaired) electrons. The van der Waals surface area contributed by atoms with E-state index in [9.17, 15) is 33.6 Å². The Morgan fingerprint density at radius 2 is 1.02 bits per heavy atom. The van der Waals surface area contributed by atoms with Gasteiger partial charge in [-0.1, -0.05) is 88.4 Å². The lowest BCUT2D eigenvalue weighted by atomic mass is 9.99. The summed E-state index contributed by atoms with van der Waals surface area (Å²) in [4.78, 5) is 94.1. The van der Waals surface area contributed by atoms with Crippen molar-refractivity contribution < 1.29 is 43.0 Å². The molecule has 59 heavy (non-hydrogen) atoms. The van der Waals surface area contributed by atoms with E-state index in [-0.39, 0.29) is 36.1 Å². The van der Waals surface area contributed by atoms with Gasteiger partial charge in [0.25, 0.3) is 11.8 Å². The standard InChI is InChI=1S/C44H62N6O9/c1-27(2)23-31(48-41(57)59-42(5,6)7)36(52)49-44(10,11)40(56)47-33(26-30-21-17-14-18-22-30)37(53)50-43(8,9)39(55)46-32(25-29-19-15-13-16-20-29)35(51)45-34(24-28(3)4)38(54)58-12/h13-22,25-28,31,34H,23-24H2,1-12H3,(H,45,51)(H,46,55)(H,47,56)(H,48,57)(H,49,52)(H,50,53)/b32-25+,33-26+/t31-,34+/m1/s1. The van der Waals surface area contributed by atoms with E-state index in [0.29, 0.717) is 11.1 Å². The molecule has 15 nitrogen and oxygen atoms in total. The molecule has 0 saturated heterocycles. The number of methoxy groups -OCH3 is 1. The van der Waals surface area contributed by atoms with Crippen LogP contribution in [0.15, 0.2) is 72.1 Å². The maximum absolute atomic E-state index is 14.0. The number of carbonyl (C=O) groups excluding carboxylic acids is 7. The van der Waals surface area contributed by atoms with Gasteiger partial charge in [-0.15, -0.1) is 0 Å². The molecule has 15 heteroatoms. The number of nitrogens with one attached hydrogen (secondary N) is 6. The zero-order valence-electron chi connectivity index (χ0n) is 36.3. The van der Waals surface area contributed by atoms with Gasteiger partial charge in [-0.3, -0.25) is 24.0 Å². The number of rotatable bonds is 18. The maximum atomic E-state index is 14.0. The molecule has 2 aromatic rings. The van der Waals surface area contributed by atoms with Gasteiger partial charge in [0.1, 0.15) is 40.2 Å². The predicted molar refractivity (Wildman–Crippen MR) is 226 cm³/mol. The fourth-order valence-electron chi connectivity index (χ4n) is 5.38. The zero-order chi connectivity index (χ0) is 44.7. The van der Waals surface area contributed by atoms with Crippen molar-refractivity contribution >= 4 is 53.8 Å². The lowest BCUT2D eigenvalue weighted by molar-refractivity contribution is -0.145. The van der Waals surface area contributed by atoms with Crippen LogP contribution in [0.4, 0.5) is 4.79 Å². The topological polar surface area (TPSA) is 210 Å². The van der Waals surface area contributed by atoms with Crippen molar-refractivity contribution in [2.45, 2.75) is 118 Å². The SMILES string of the molecule is COC(=O)[C@H](CC(C)C)NC(=O)/C(=C\c1ccccc1)NC(=O)C(C)(C)NC(=O)/C(=C\c1ccccc1)NC(=O)C(C)(C)NC(=O)[C@@H](CC(C)C)NC(=O)OC(C)(C)C. The van der Waals surface area contributed by atoms with Crippen LogP contribution in [0.1, 0.15) is 100 Å². The molecule has 0 unspecified atom stereocenters. The number of alkyl carbamates (subject to hydrolysis) is 1. The van der Waals surface area contributed by atoms with E-state index in [0.717, 1.165) is 0 Å². The van der Waals surface area contributed by atoms with Gasteiger partial charge in [0.05, 0.1) is 7.11 Å². The number of esters is 1. The Morgan fingerprint density at radius 1 is 0.593 bits per heavy atom. The third kappa shape index (κ3) is 17.2. The van der Waals surface area contributed by atoms with Gasteiger partial charge in [-0.05, 0) is 96.4 Å². The van der Waals surface area contributed by atoms with Crippen LogP contribution in [0.3, 0.4) is 0 Å². The molecule has 2 atom stereocenters. The van der Waals surface area contributed by atoms with Gasteiger partial charge >= 0.3 is 12.1 Å². The molecule has 0 fully saturated rings. The summed E-state index contributed by atoms with van der Waals surface area (Å²) in [6, 6.07) is 15.3. The molecule has 0 aliphatic carbocycles. The van der Waals surface area contributed by atoms with E-state index in [2.05, 4.69) is 31.9 Å². The predicted octanol–water partition coefficient (Wildman–Crippen LogP) is 4.73. The van der Waals surface area contributed by atoms with Crippen LogP contribution in [0.25, 0.3) is 12.2 Å². The van der Waals surface area contributed by atoms with Crippen LogP contribution < -0.4 is 31.9 Å². The summed E-state index contributed by atoms with van der Waals surface area (Å²) >= 11 is 0. The molecule has 2 rings (SSSR count). The lowest BCUT2D eigenvalue weighted by Gasteiger charge is -2.30. The van der Waals surface area contributed by atoms with E-state index in [4.69, 9.17) is 9.47 Å². The van der Waals surface area contributed by atoms with Gasteiger partial charge in [-0.2, -0.15) is 0 Å². The van der Waals surface area contributed by atoms with Gasteiger partial charge in [0.15, 0.2) is 0 Å². The van der Waals surface area contributed by atoms with E-state index >= 15 is 0 Å². The average molecular weight is 819 g/mol. The minimum absolute atomic E-state index is 0.0109. The van der Waals surface area contributed by atoms with Gasteiger partial charge in [-0.25, -0.2) is 9.59 Å². The zero-order valence-corrected chi connectivity index (χ0v) is 36.3. The second kappa shape index (κ2) is 21.7. The first kappa shape index (κ1) is 49.2. The van der Waals surface area contributed by atoms with E-state index in [1.807, 2.05) is 27.7 Å². The number of hydrogen-bond acceptors (Lipinski definition) is 9. The second-order valence-electron chi connectivity index (χ2n) is 17.0. The van der Waals surface area contributed by atoms with Crippen molar-refractivity contribution in [2.24, 2.45) is 11.8 Å². The Morgan fingerprint density at radius 3 is 1.44 bits per heavy atom. The first-order valence-corrected chi connectivity index (χ1v) is 19.5. The average Bonchev–Trinajstić information content (AvgIpc) is 3.12. The molecular weight excluding hydrogens is 757 g/mol. The van der Waals surface area contributed by atoms with E-state index < -0.39 is 70.4 Å². The number of hydrogen-bond donors (Lipinski definition) is 6. The van der Waals surface area contributed by atoms with Crippen LogP contribution in [-0.2, 0) is 38.2 Å². The van der Waals surface area contributed by atoms with Crippen LogP contribution in [-0.4, -0.2) is 77.5 Å². The number of amides is 6. The highest BCUT2D eigenvalue weighted by atomic mass is 16.6. The normalized spacial score (nSPS) is 13.4. The summed E-state index contributed by atoms with van der Waals surface area (Å²) in [5.41, 5.74) is -3.49. The molecule has 0 aromatic heterocycles. The fraction of sp³-hybridized carbons (Fsp3) is 0.477. The molecule has 2 aromatic carbocycles. The summed E-state index contributed by atoms with van der Waals surface area (Å²) in [5.74, 6) is -4.50. The van der Waals surface area contributed by atoms with E-state index in [1.165, 1.54) is 47.0 Å². The lowest BCUT2D eigenvalue weighted by Crippen LogP contribution is -2.60. The van der Waals surface area contributed by atoms with Crippen molar-refractivity contribution in [3.63, 3.8) is 0 Å². The van der Waals surface area contributed by atoms with Gasteiger partial charge < -0.3 is 41.4 Å². The Bertz CT molecular complexity index is 1860. The molecular formula is C44H62N6O9. The Labute approximate surface area is 347 Å². The first-order chi connectivity index (χ1) is 27.3. The van der Waals surface area contributed by atoms with Crippen molar-refractivity contribution in [3.8, 4) is 0 Å². The van der Waals surface area contributed by atoms with Crippen molar-refractivity contribution in [1.82, 2.24) is 31.9 Å². The Balaban J connectivity index is 2.40.